The van der Waals surface area contributed by atoms with Crippen molar-refractivity contribution in [3.63, 3.8) is 0 Å². The summed E-state index contributed by atoms with van der Waals surface area (Å²) >= 11 is 0. The number of carbonyl (C=O) groups is 2. The molecule has 2 fully saturated rings. The molecule has 0 aromatic heterocycles. The molecule has 0 heterocycles. The van der Waals surface area contributed by atoms with Crippen molar-refractivity contribution in [2.75, 3.05) is 13.7 Å². The lowest BCUT2D eigenvalue weighted by molar-refractivity contribution is -0.157. The maximum Gasteiger partial charge on any atom is 0.310 e. The molecule has 1 amide bonds. The Hall–Kier alpha value is -2.04. The third-order valence-electron chi connectivity index (χ3n) is 5.42. The van der Waals surface area contributed by atoms with Gasteiger partial charge in [-0.1, -0.05) is 24.6 Å². The Labute approximate surface area is 136 Å². The SMILES string of the molecule is COc1ccccc1C1(CNC(=O)CC2(C(=O)O)CCC2)CC1. The van der Waals surface area contributed by atoms with Gasteiger partial charge in [0, 0.05) is 23.9 Å². The Balaban J connectivity index is 1.62. The molecule has 3 rings (SSSR count). The number of ether oxygens (including phenoxy) is 1. The molecule has 2 aliphatic rings. The predicted octanol–water partition coefficient (Wildman–Crippen LogP) is 2.49. The summed E-state index contributed by atoms with van der Waals surface area (Å²) in [6.07, 6.45) is 4.21. The summed E-state index contributed by atoms with van der Waals surface area (Å²) in [6, 6.07) is 7.89. The fraction of sp³-hybridized carbons (Fsp3) is 0.556. The van der Waals surface area contributed by atoms with Crippen molar-refractivity contribution in [3.8, 4) is 5.75 Å². The van der Waals surface area contributed by atoms with Crippen LogP contribution in [-0.2, 0) is 15.0 Å². The van der Waals surface area contributed by atoms with E-state index in [1.165, 1.54) is 0 Å². The second-order valence-electron chi connectivity index (χ2n) is 6.87. The second kappa shape index (κ2) is 5.87. The van der Waals surface area contributed by atoms with E-state index in [0.29, 0.717) is 19.4 Å². The minimum absolute atomic E-state index is 0.0573. The van der Waals surface area contributed by atoms with Crippen LogP contribution in [0.3, 0.4) is 0 Å². The van der Waals surface area contributed by atoms with E-state index < -0.39 is 11.4 Å². The smallest absolute Gasteiger partial charge is 0.310 e. The summed E-state index contributed by atoms with van der Waals surface area (Å²) in [7, 11) is 1.65. The molecule has 0 bridgehead atoms. The number of rotatable bonds is 7. The van der Waals surface area contributed by atoms with Crippen LogP contribution in [0.15, 0.2) is 24.3 Å². The zero-order chi connectivity index (χ0) is 16.5. The Bertz CT molecular complexity index is 617. The summed E-state index contributed by atoms with van der Waals surface area (Å²) < 4.78 is 5.43. The first-order chi connectivity index (χ1) is 11.0. The molecule has 0 spiro atoms. The average molecular weight is 317 g/mol. The van der Waals surface area contributed by atoms with Crippen molar-refractivity contribution >= 4 is 11.9 Å². The van der Waals surface area contributed by atoms with E-state index in [4.69, 9.17) is 4.74 Å². The molecule has 5 heteroatoms. The highest BCUT2D eigenvalue weighted by Crippen LogP contribution is 2.51. The average Bonchev–Trinajstić information content (AvgIpc) is 3.29. The fourth-order valence-corrected chi connectivity index (χ4v) is 3.48. The normalized spacial score (nSPS) is 20.2. The van der Waals surface area contributed by atoms with Gasteiger partial charge in [-0.15, -0.1) is 0 Å². The van der Waals surface area contributed by atoms with E-state index in [1.807, 2.05) is 24.3 Å². The van der Waals surface area contributed by atoms with Gasteiger partial charge < -0.3 is 15.2 Å². The minimum Gasteiger partial charge on any atom is -0.496 e. The molecular weight excluding hydrogens is 294 g/mol. The molecule has 124 valence electrons. The molecular formula is C18H23NO4. The summed E-state index contributed by atoms with van der Waals surface area (Å²) in [4.78, 5) is 23.6. The van der Waals surface area contributed by atoms with Crippen LogP contribution in [0.25, 0.3) is 0 Å². The molecule has 1 aromatic carbocycles. The van der Waals surface area contributed by atoms with Crippen LogP contribution < -0.4 is 10.1 Å². The molecule has 0 unspecified atom stereocenters. The second-order valence-corrected chi connectivity index (χ2v) is 6.87. The van der Waals surface area contributed by atoms with Crippen molar-refractivity contribution in [1.29, 1.82) is 0 Å². The summed E-state index contributed by atoms with van der Waals surface area (Å²) in [5.41, 5.74) is 0.239. The van der Waals surface area contributed by atoms with Crippen molar-refractivity contribution in [2.24, 2.45) is 5.41 Å². The van der Waals surface area contributed by atoms with Crippen molar-refractivity contribution < 1.29 is 19.4 Å². The number of hydrogen-bond acceptors (Lipinski definition) is 3. The van der Waals surface area contributed by atoms with Crippen LogP contribution in [0.2, 0.25) is 0 Å². The van der Waals surface area contributed by atoms with Gasteiger partial charge in [0.25, 0.3) is 0 Å². The van der Waals surface area contributed by atoms with Crippen molar-refractivity contribution in [1.82, 2.24) is 5.32 Å². The number of hydrogen-bond donors (Lipinski definition) is 2. The third kappa shape index (κ3) is 2.92. The molecule has 0 aliphatic heterocycles. The van der Waals surface area contributed by atoms with Gasteiger partial charge in [-0.2, -0.15) is 0 Å². The van der Waals surface area contributed by atoms with Gasteiger partial charge in [0.2, 0.25) is 5.91 Å². The van der Waals surface area contributed by atoms with Crippen LogP contribution in [0.1, 0.15) is 44.1 Å². The Morgan fingerprint density at radius 1 is 1.22 bits per heavy atom. The number of methoxy groups -OCH3 is 1. The number of nitrogens with one attached hydrogen (secondary N) is 1. The van der Waals surface area contributed by atoms with Crippen LogP contribution in [-0.4, -0.2) is 30.6 Å². The van der Waals surface area contributed by atoms with Crippen LogP contribution in [0, 0.1) is 5.41 Å². The fourth-order valence-electron chi connectivity index (χ4n) is 3.48. The lowest BCUT2D eigenvalue weighted by atomic mass is 9.66. The highest BCUT2D eigenvalue weighted by molar-refractivity contribution is 5.85. The van der Waals surface area contributed by atoms with E-state index in [9.17, 15) is 14.7 Å². The quantitative estimate of drug-likeness (QED) is 0.810. The summed E-state index contributed by atoms with van der Waals surface area (Å²) in [6.45, 7) is 0.544. The van der Waals surface area contributed by atoms with Gasteiger partial charge in [0.1, 0.15) is 5.75 Å². The van der Waals surface area contributed by atoms with Gasteiger partial charge in [-0.25, -0.2) is 0 Å². The Morgan fingerprint density at radius 2 is 1.91 bits per heavy atom. The van der Waals surface area contributed by atoms with Gasteiger partial charge in [-0.3, -0.25) is 9.59 Å². The number of aliphatic carboxylic acids is 1. The summed E-state index contributed by atoms with van der Waals surface area (Å²) in [5, 5.41) is 12.3. The number of carboxylic acid groups (broad SMARTS) is 1. The van der Waals surface area contributed by atoms with E-state index in [-0.39, 0.29) is 17.7 Å². The number of amides is 1. The molecule has 23 heavy (non-hydrogen) atoms. The van der Waals surface area contributed by atoms with E-state index in [1.54, 1.807) is 7.11 Å². The molecule has 0 atom stereocenters. The van der Waals surface area contributed by atoms with Crippen LogP contribution in [0.5, 0.6) is 5.75 Å². The maximum absolute atomic E-state index is 12.2. The molecule has 2 N–H and O–H groups in total. The van der Waals surface area contributed by atoms with Gasteiger partial charge in [0.05, 0.1) is 12.5 Å². The monoisotopic (exact) mass is 317 g/mol. The molecule has 2 aliphatic carbocycles. The third-order valence-corrected chi connectivity index (χ3v) is 5.42. The zero-order valence-electron chi connectivity index (χ0n) is 13.4. The Morgan fingerprint density at radius 3 is 2.43 bits per heavy atom. The maximum atomic E-state index is 12.2. The van der Waals surface area contributed by atoms with Gasteiger partial charge in [-0.05, 0) is 31.7 Å². The van der Waals surface area contributed by atoms with E-state index in [0.717, 1.165) is 30.6 Å². The predicted molar refractivity (Wildman–Crippen MR) is 85.5 cm³/mol. The standard InChI is InChI=1S/C18H23NO4/c1-23-14-6-3-2-5-13(14)18(9-10-18)12-19-15(20)11-17(16(21)22)7-4-8-17/h2-3,5-6H,4,7-12H2,1H3,(H,19,20)(H,21,22). The van der Waals surface area contributed by atoms with Gasteiger partial charge in [0.15, 0.2) is 0 Å². The van der Waals surface area contributed by atoms with Crippen LogP contribution >= 0.6 is 0 Å². The molecule has 0 radical (unpaired) electrons. The molecule has 5 nitrogen and oxygen atoms in total. The minimum atomic E-state index is -0.843. The lowest BCUT2D eigenvalue weighted by Gasteiger charge is -2.37. The first-order valence-electron chi connectivity index (χ1n) is 8.15. The zero-order valence-corrected chi connectivity index (χ0v) is 13.4. The number of benzene rings is 1. The highest BCUT2D eigenvalue weighted by Gasteiger charge is 2.48. The van der Waals surface area contributed by atoms with Crippen LogP contribution in [0.4, 0.5) is 0 Å². The Kier molecular flexibility index (Phi) is 4.04. The van der Waals surface area contributed by atoms with E-state index >= 15 is 0 Å². The van der Waals surface area contributed by atoms with E-state index in [2.05, 4.69) is 5.32 Å². The molecule has 0 saturated heterocycles. The van der Waals surface area contributed by atoms with Crippen molar-refractivity contribution in [3.05, 3.63) is 29.8 Å². The molecule has 1 aromatic rings. The van der Waals surface area contributed by atoms with Crippen molar-refractivity contribution in [2.45, 2.75) is 43.9 Å². The number of carboxylic acids is 1. The number of para-hydroxylation sites is 1. The highest BCUT2D eigenvalue weighted by atomic mass is 16.5. The lowest BCUT2D eigenvalue weighted by Crippen LogP contribution is -2.43. The van der Waals surface area contributed by atoms with Gasteiger partial charge >= 0.3 is 5.97 Å². The number of carbonyl (C=O) groups excluding carboxylic acids is 1. The first-order valence-corrected chi connectivity index (χ1v) is 8.15. The largest absolute Gasteiger partial charge is 0.496 e. The first kappa shape index (κ1) is 15.8. The summed E-state index contributed by atoms with van der Waals surface area (Å²) in [5.74, 6) is -0.154. The topological polar surface area (TPSA) is 75.6 Å². The molecule has 2 saturated carbocycles.